The van der Waals surface area contributed by atoms with E-state index in [0.29, 0.717) is 17.0 Å². The summed E-state index contributed by atoms with van der Waals surface area (Å²) >= 11 is 8.22. The topological polar surface area (TPSA) is 12.0 Å². The highest BCUT2D eigenvalue weighted by Crippen LogP contribution is 2.27. The molecule has 106 valence electrons. The van der Waals surface area contributed by atoms with Gasteiger partial charge in [-0.2, -0.15) is 0 Å². The van der Waals surface area contributed by atoms with Crippen LogP contribution in [0.4, 0.5) is 8.78 Å². The third-order valence-electron chi connectivity index (χ3n) is 3.11. The molecule has 1 unspecified atom stereocenters. The molecule has 1 atom stereocenters. The van der Waals surface area contributed by atoms with Gasteiger partial charge in [0.05, 0.1) is 0 Å². The second-order valence-corrected chi connectivity index (χ2v) is 6.05. The fourth-order valence-corrected chi connectivity index (χ4v) is 2.96. The Balaban J connectivity index is 2.33. The maximum Gasteiger partial charge on any atom is 0.126 e. The average Bonchev–Trinajstić information content (AvgIpc) is 2.42. The van der Waals surface area contributed by atoms with E-state index in [2.05, 4.69) is 27.9 Å². The lowest BCUT2D eigenvalue weighted by Crippen LogP contribution is -2.20. The first-order valence-electron chi connectivity index (χ1n) is 6.07. The van der Waals surface area contributed by atoms with Crippen LogP contribution in [0.2, 0.25) is 5.02 Å². The Kier molecular flexibility index (Phi) is 5.35. The van der Waals surface area contributed by atoms with E-state index in [-0.39, 0.29) is 6.04 Å². The van der Waals surface area contributed by atoms with Gasteiger partial charge in [0.25, 0.3) is 0 Å². The predicted molar refractivity (Wildman–Crippen MR) is 86.0 cm³/mol. The first-order valence-corrected chi connectivity index (χ1v) is 7.53. The zero-order valence-corrected chi connectivity index (χ0v) is 13.7. The molecule has 0 spiro atoms. The Labute approximate surface area is 135 Å². The molecule has 0 aromatic heterocycles. The molecule has 0 saturated heterocycles. The minimum absolute atomic E-state index is 0.128. The van der Waals surface area contributed by atoms with Crippen LogP contribution < -0.4 is 5.32 Å². The summed E-state index contributed by atoms with van der Waals surface area (Å²) in [4.78, 5) is 0. The monoisotopic (exact) mass is 407 g/mol. The number of benzene rings is 2. The van der Waals surface area contributed by atoms with Gasteiger partial charge >= 0.3 is 0 Å². The van der Waals surface area contributed by atoms with E-state index >= 15 is 0 Å². The maximum atomic E-state index is 13.7. The lowest BCUT2D eigenvalue weighted by molar-refractivity contribution is 0.543. The van der Waals surface area contributed by atoms with Gasteiger partial charge in [-0.3, -0.25) is 0 Å². The number of hydrogen-bond acceptors (Lipinski definition) is 1. The molecule has 1 nitrogen and oxygen atoms in total. The third kappa shape index (κ3) is 3.68. The van der Waals surface area contributed by atoms with Gasteiger partial charge in [-0.05, 0) is 83.6 Å². The normalized spacial score (nSPS) is 12.4. The van der Waals surface area contributed by atoms with E-state index < -0.39 is 11.6 Å². The summed E-state index contributed by atoms with van der Waals surface area (Å²) in [6, 6.07) is 8.94. The molecule has 0 saturated carbocycles. The standard InChI is InChI=1S/C15H13ClF2IN/c1-20-15(12-8-10(16)2-5-14(12)19)7-9-6-11(17)3-4-13(9)18/h2-6,8,15,20H,7H2,1H3. The van der Waals surface area contributed by atoms with Gasteiger partial charge in [0, 0.05) is 14.6 Å². The lowest BCUT2D eigenvalue weighted by atomic mass is 9.98. The highest BCUT2D eigenvalue weighted by Gasteiger charge is 2.16. The Morgan fingerprint density at radius 2 is 1.95 bits per heavy atom. The summed E-state index contributed by atoms with van der Waals surface area (Å²) in [5, 5.41) is 3.75. The van der Waals surface area contributed by atoms with Crippen molar-refractivity contribution in [3.05, 3.63) is 67.8 Å². The third-order valence-corrected chi connectivity index (χ3v) is 4.33. The molecular formula is C15H13ClF2IN. The fraction of sp³-hybridized carbons (Fsp3) is 0.200. The molecule has 2 rings (SSSR count). The summed E-state index contributed by atoms with van der Waals surface area (Å²) in [5.74, 6) is -0.833. The quantitative estimate of drug-likeness (QED) is 0.723. The van der Waals surface area contributed by atoms with E-state index in [9.17, 15) is 8.78 Å². The van der Waals surface area contributed by atoms with Crippen LogP contribution in [-0.2, 0) is 6.42 Å². The van der Waals surface area contributed by atoms with Gasteiger partial charge in [-0.1, -0.05) is 11.6 Å². The minimum atomic E-state index is -0.433. The van der Waals surface area contributed by atoms with Crippen molar-refractivity contribution in [3.8, 4) is 0 Å². The molecule has 2 aromatic rings. The molecule has 0 amide bonds. The zero-order valence-electron chi connectivity index (χ0n) is 10.8. The van der Waals surface area contributed by atoms with Crippen molar-refractivity contribution in [2.75, 3.05) is 7.05 Å². The van der Waals surface area contributed by atoms with Gasteiger partial charge in [-0.25, -0.2) is 8.78 Å². The smallest absolute Gasteiger partial charge is 0.126 e. The van der Waals surface area contributed by atoms with Crippen LogP contribution >= 0.6 is 34.2 Å². The Hall–Kier alpha value is -0.720. The molecule has 0 aliphatic carbocycles. The molecule has 2 aromatic carbocycles. The van der Waals surface area contributed by atoms with Crippen molar-refractivity contribution in [1.29, 1.82) is 0 Å². The molecule has 20 heavy (non-hydrogen) atoms. The summed E-state index contributed by atoms with van der Waals surface area (Å²) in [7, 11) is 1.79. The van der Waals surface area contributed by atoms with Crippen LogP contribution in [0.1, 0.15) is 17.2 Å². The largest absolute Gasteiger partial charge is 0.313 e. The molecule has 5 heteroatoms. The second kappa shape index (κ2) is 6.83. The minimum Gasteiger partial charge on any atom is -0.313 e. The van der Waals surface area contributed by atoms with Crippen molar-refractivity contribution in [1.82, 2.24) is 5.32 Å². The van der Waals surface area contributed by atoms with Crippen LogP contribution in [0.3, 0.4) is 0 Å². The predicted octanol–water partition coefficient (Wildman–Crippen LogP) is 4.73. The van der Waals surface area contributed by atoms with Gasteiger partial charge < -0.3 is 5.32 Å². The first kappa shape index (κ1) is 15.7. The number of rotatable bonds is 4. The SMILES string of the molecule is CNC(Cc1cc(F)ccc1F)c1cc(Cl)ccc1I. The van der Waals surface area contributed by atoms with Gasteiger partial charge in [-0.15, -0.1) is 0 Å². The molecule has 1 N–H and O–H groups in total. The molecule has 0 bridgehead atoms. The maximum absolute atomic E-state index is 13.7. The number of nitrogens with one attached hydrogen (secondary N) is 1. The lowest BCUT2D eigenvalue weighted by Gasteiger charge is -2.19. The van der Waals surface area contributed by atoms with E-state index in [0.717, 1.165) is 21.3 Å². The summed E-state index contributed by atoms with van der Waals surface area (Å²) < 4.78 is 28.0. The fourth-order valence-electron chi connectivity index (χ4n) is 2.07. The van der Waals surface area contributed by atoms with E-state index in [1.54, 1.807) is 7.05 Å². The molecule has 0 aliphatic heterocycles. The van der Waals surface area contributed by atoms with Crippen LogP contribution in [-0.4, -0.2) is 7.05 Å². The van der Waals surface area contributed by atoms with Gasteiger partial charge in [0.15, 0.2) is 0 Å². The summed E-state index contributed by atoms with van der Waals surface area (Å²) in [6.07, 6.45) is 0.358. The number of halogens is 4. The van der Waals surface area contributed by atoms with Crippen LogP contribution in [0, 0.1) is 15.2 Å². The molecule has 0 aliphatic rings. The Morgan fingerprint density at radius 3 is 2.65 bits per heavy atom. The number of hydrogen-bond donors (Lipinski definition) is 1. The van der Waals surface area contributed by atoms with Crippen molar-refractivity contribution in [3.63, 3.8) is 0 Å². The van der Waals surface area contributed by atoms with Crippen molar-refractivity contribution >= 4 is 34.2 Å². The van der Waals surface area contributed by atoms with Crippen LogP contribution in [0.5, 0.6) is 0 Å². The summed E-state index contributed by atoms with van der Waals surface area (Å²) in [5.41, 5.74) is 1.32. The molecule has 0 heterocycles. The van der Waals surface area contributed by atoms with Crippen molar-refractivity contribution in [2.24, 2.45) is 0 Å². The van der Waals surface area contributed by atoms with Crippen LogP contribution in [0.25, 0.3) is 0 Å². The highest BCUT2D eigenvalue weighted by molar-refractivity contribution is 14.1. The van der Waals surface area contributed by atoms with Gasteiger partial charge in [0.2, 0.25) is 0 Å². The average molecular weight is 408 g/mol. The molecule has 0 radical (unpaired) electrons. The molecular weight excluding hydrogens is 395 g/mol. The second-order valence-electron chi connectivity index (χ2n) is 4.45. The van der Waals surface area contributed by atoms with E-state index in [1.165, 1.54) is 6.07 Å². The Morgan fingerprint density at radius 1 is 1.20 bits per heavy atom. The summed E-state index contributed by atoms with van der Waals surface area (Å²) in [6.45, 7) is 0. The van der Waals surface area contributed by atoms with Gasteiger partial charge in [0.1, 0.15) is 11.6 Å². The van der Waals surface area contributed by atoms with E-state index in [4.69, 9.17) is 11.6 Å². The molecule has 0 fully saturated rings. The van der Waals surface area contributed by atoms with Crippen molar-refractivity contribution in [2.45, 2.75) is 12.5 Å². The highest BCUT2D eigenvalue weighted by atomic mass is 127. The number of likely N-dealkylation sites (N-methyl/N-ethyl adjacent to an activating group) is 1. The Bertz CT molecular complexity index is 619. The zero-order chi connectivity index (χ0) is 14.7. The van der Waals surface area contributed by atoms with Crippen LogP contribution in [0.15, 0.2) is 36.4 Å². The first-order chi connectivity index (χ1) is 9.51. The van der Waals surface area contributed by atoms with E-state index in [1.807, 2.05) is 18.2 Å². The van der Waals surface area contributed by atoms with Crippen molar-refractivity contribution < 1.29 is 8.78 Å².